The molecule has 0 radical (unpaired) electrons. The molecule has 148 valence electrons. The van der Waals surface area contributed by atoms with Gasteiger partial charge in [0, 0.05) is 35.6 Å². The van der Waals surface area contributed by atoms with Gasteiger partial charge in [-0.25, -0.2) is 0 Å². The number of halogens is 2. The van der Waals surface area contributed by atoms with Gasteiger partial charge in [0.05, 0.1) is 23.2 Å². The molecule has 5 nitrogen and oxygen atoms in total. The molecule has 1 aromatic carbocycles. The predicted molar refractivity (Wildman–Crippen MR) is 114 cm³/mol. The van der Waals surface area contributed by atoms with E-state index in [1.807, 2.05) is 36.9 Å². The monoisotopic (exact) mass is 437 g/mol. The lowest BCUT2D eigenvalue weighted by molar-refractivity contribution is 0.0591. The van der Waals surface area contributed by atoms with Crippen LogP contribution in [0.4, 0.5) is 0 Å². The van der Waals surface area contributed by atoms with Gasteiger partial charge in [-0.05, 0) is 43.5 Å². The molecule has 1 aliphatic heterocycles. The van der Waals surface area contributed by atoms with E-state index in [1.54, 1.807) is 11.0 Å². The number of ether oxygens (including phenoxy) is 1. The molecule has 1 saturated heterocycles. The number of carbonyl (C=O) groups excluding carboxylic acids is 1. The van der Waals surface area contributed by atoms with Crippen molar-refractivity contribution >= 4 is 50.7 Å². The van der Waals surface area contributed by atoms with E-state index >= 15 is 0 Å². The van der Waals surface area contributed by atoms with Gasteiger partial charge in [-0.3, -0.25) is 9.48 Å². The average Bonchev–Trinajstić information content (AvgIpc) is 3.36. The maximum atomic E-state index is 12.9. The fraction of sp³-hybridized carbons (Fsp3) is 0.400. The van der Waals surface area contributed by atoms with Crippen LogP contribution in [0.15, 0.2) is 24.3 Å². The molecule has 0 aliphatic carbocycles. The number of rotatable bonds is 5. The largest absolute Gasteiger partial charge is 0.376 e. The summed E-state index contributed by atoms with van der Waals surface area (Å²) in [6.45, 7) is 3.90. The molecule has 3 heterocycles. The quantitative estimate of drug-likeness (QED) is 0.563. The van der Waals surface area contributed by atoms with E-state index in [2.05, 4.69) is 5.10 Å². The minimum atomic E-state index is 0.0205. The van der Waals surface area contributed by atoms with E-state index in [4.69, 9.17) is 27.9 Å². The molecule has 8 heteroatoms. The molecular formula is C20H21Cl2N3O2S. The second-order valence-corrected chi connectivity index (χ2v) is 9.00. The first-order valence-corrected chi connectivity index (χ1v) is 10.8. The number of benzene rings is 1. The number of likely N-dealkylation sites (N-methyl/N-ethyl adjacent to an activating group) is 1. The van der Waals surface area contributed by atoms with Crippen LogP contribution in [0.5, 0.6) is 0 Å². The van der Waals surface area contributed by atoms with Crippen LogP contribution in [0.1, 0.15) is 33.8 Å². The van der Waals surface area contributed by atoms with Gasteiger partial charge in [0.1, 0.15) is 4.83 Å². The number of nitrogens with zero attached hydrogens (tertiary/aromatic N) is 3. The van der Waals surface area contributed by atoms with Crippen molar-refractivity contribution in [3.05, 3.63) is 50.4 Å². The van der Waals surface area contributed by atoms with E-state index in [1.165, 1.54) is 11.3 Å². The van der Waals surface area contributed by atoms with Gasteiger partial charge in [-0.2, -0.15) is 5.10 Å². The summed E-state index contributed by atoms with van der Waals surface area (Å²) in [4.78, 5) is 16.3. The summed E-state index contributed by atoms with van der Waals surface area (Å²) in [6, 6.07) is 7.40. The smallest absolute Gasteiger partial charge is 0.263 e. The fourth-order valence-corrected chi connectivity index (χ4v) is 5.13. The minimum absolute atomic E-state index is 0.0205. The van der Waals surface area contributed by atoms with Gasteiger partial charge in [0.15, 0.2) is 0 Å². The fourth-order valence-electron chi connectivity index (χ4n) is 3.50. The number of hydrogen-bond donors (Lipinski definition) is 0. The van der Waals surface area contributed by atoms with Gasteiger partial charge >= 0.3 is 0 Å². The summed E-state index contributed by atoms with van der Waals surface area (Å²) in [7, 11) is 1.83. The second-order valence-electron chi connectivity index (χ2n) is 7.13. The lowest BCUT2D eigenvalue weighted by Gasteiger charge is -2.20. The van der Waals surface area contributed by atoms with E-state index < -0.39 is 0 Å². The first-order valence-electron chi connectivity index (χ1n) is 9.20. The van der Waals surface area contributed by atoms with Crippen molar-refractivity contribution in [3.63, 3.8) is 0 Å². The zero-order valence-electron chi connectivity index (χ0n) is 15.7. The Kier molecular flexibility index (Phi) is 5.65. The summed E-state index contributed by atoms with van der Waals surface area (Å²) < 4.78 is 7.56. The molecule has 1 unspecified atom stereocenters. The van der Waals surface area contributed by atoms with Crippen LogP contribution in [0.3, 0.4) is 0 Å². The summed E-state index contributed by atoms with van der Waals surface area (Å²) in [5, 5.41) is 6.85. The van der Waals surface area contributed by atoms with Gasteiger partial charge in [0.25, 0.3) is 5.91 Å². The lowest BCUT2D eigenvalue weighted by Crippen LogP contribution is -2.33. The van der Waals surface area contributed by atoms with Crippen LogP contribution in [0.25, 0.3) is 10.2 Å². The highest BCUT2D eigenvalue weighted by Crippen LogP contribution is 2.31. The van der Waals surface area contributed by atoms with Crippen LogP contribution >= 0.6 is 34.5 Å². The number of fused-ring (bicyclic) bond motifs is 1. The topological polar surface area (TPSA) is 47.4 Å². The SMILES string of the molecule is Cc1nn(Cc2ccc(Cl)cc2Cl)c2sc(C(=O)N(C)CC3CCCO3)cc12. The van der Waals surface area contributed by atoms with Crippen molar-refractivity contribution in [3.8, 4) is 0 Å². The van der Waals surface area contributed by atoms with Crippen LogP contribution in [-0.4, -0.2) is 46.9 Å². The Morgan fingerprint density at radius 3 is 2.93 bits per heavy atom. The van der Waals surface area contributed by atoms with E-state index in [9.17, 15) is 4.79 Å². The molecule has 1 aliphatic rings. The number of aryl methyl sites for hydroxylation is 1. The third-order valence-corrected chi connectivity index (χ3v) is 6.72. The first kappa shape index (κ1) is 19.7. The Labute approximate surface area is 177 Å². The molecular weight excluding hydrogens is 417 g/mol. The lowest BCUT2D eigenvalue weighted by atomic mass is 10.2. The van der Waals surface area contributed by atoms with Crippen molar-refractivity contribution in [2.75, 3.05) is 20.2 Å². The Balaban J connectivity index is 1.58. The minimum Gasteiger partial charge on any atom is -0.376 e. The second kappa shape index (κ2) is 8.03. The zero-order chi connectivity index (χ0) is 19.8. The predicted octanol–water partition coefficient (Wildman–Crippen LogP) is 5.01. The molecule has 4 rings (SSSR count). The standard InChI is InChI=1S/C20H21Cl2N3O2S/c1-12-16-9-18(19(26)24(2)11-15-4-3-7-27-15)28-20(16)25(23-12)10-13-5-6-14(21)8-17(13)22/h5-6,8-9,15H,3-4,7,10-11H2,1-2H3. The molecule has 1 amide bonds. The van der Waals surface area contributed by atoms with Crippen molar-refractivity contribution in [2.45, 2.75) is 32.4 Å². The molecule has 1 atom stereocenters. The third kappa shape index (κ3) is 3.92. The average molecular weight is 438 g/mol. The van der Waals surface area contributed by atoms with Crippen LogP contribution < -0.4 is 0 Å². The number of hydrogen-bond acceptors (Lipinski definition) is 4. The van der Waals surface area contributed by atoms with Crippen molar-refractivity contribution in [1.29, 1.82) is 0 Å². The maximum Gasteiger partial charge on any atom is 0.263 e. The molecule has 0 saturated carbocycles. The van der Waals surface area contributed by atoms with Gasteiger partial charge in [-0.1, -0.05) is 29.3 Å². The molecule has 0 N–H and O–H groups in total. The normalized spacial score (nSPS) is 16.8. The molecule has 3 aromatic rings. The van der Waals surface area contributed by atoms with E-state index in [0.717, 1.165) is 40.9 Å². The maximum absolute atomic E-state index is 12.9. The third-order valence-electron chi connectivity index (χ3n) is 5.00. The van der Waals surface area contributed by atoms with Crippen LogP contribution in [-0.2, 0) is 11.3 Å². The number of amides is 1. The molecule has 0 spiro atoms. The Bertz CT molecular complexity index is 1020. The highest BCUT2D eigenvalue weighted by molar-refractivity contribution is 7.20. The number of thiophene rings is 1. The summed E-state index contributed by atoms with van der Waals surface area (Å²) in [5.41, 5.74) is 1.84. The Morgan fingerprint density at radius 2 is 2.21 bits per heavy atom. The van der Waals surface area contributed by atoms with Crippen LogP contribution in [0, 0.1) is 6.92 Å². The van der Waals surface area contributed by atoms with Crippen molar-refractivity contribution in [1.82, 2.24) is 14.7 Å². The summed E-state index contributed by atoms with van der Waals surface area (Å²) in [6.07, 6.45) is 2.23. The van der Waals surface area contributed by atoms with Gasteiger partial charge in [-0.15, -0.1) is 11.3 Å². The molecule has 28 heavy (non-hydrogen) atoms. The highest BCUT2D eigenvalue weighted by Gasteiger charge is 2.23. The summed E-state index contributed by atoms with van der Waals surface area (Å²) >= 11 is 13.8. The van der Waals surface area contributed by atoms with Gasteiger partial charge < -0.3 is 9.64 Å². The highest BCUT2D eigenvalue weighted by atomic mass is 35.5. The molecule has 0 bridgehead atoms. The van der Waals surface area contributed by atoms with Crippen molar-refractivity contribution < 1.29 is 9.53 Å². The van der Waals surface area contributed by atoms with Gasteiger partial charge in [0.2, 0.25) is 0 Å². The Morgan fingerprint density at radius 1 is 1.39 bits per heavy atom. The van der Waals surface area contributed by atoms with E-state index in [0.29, 0.717) is 28.0 Å². The molecule has 2 aromatic heterocycles. The number of aromatic nitrogens is 2. The first-order chi connectivity index (χ1) is 13.4. The summed E-state index contributed by atoms with van der Waals surface area (Å²) in [5.74, 6) is 0.0205. The van der Waals surface area contributed by atoms with Crippen molar-refractivity contribution in [2.24, 2.45) is 0 Å². The Hall–Kier alpha value is -1.60. The zero-order valence-corrected chi connectivity index (χ0v) is 18.1. The van der Waals surface area contributed by atoms with E-state index in [-0.39, 0.29) is 12.0 Å². The number of carbonyl (C=O) groups is 1. The van der Waals surface area contributed by atoms with Crippen LogP contribution in [0.2, 0.25) is 10.0 Å². The molecule has 1 fully saturated rings.